The van der Waals surface area contributed by atoms with Gasteiger partial charge in [0.25, 0.3) is 0 Å². The molecule has 6 heteroatoms. The molecule has 98 valence electrons. The smallest absolute Gasteiger partial charge is 0.221 e. The molecule has 0 aromatic heterocycles. The van der Waals surface area contributed by atoms with Crippen molar-refractivity contribution < 1.29 is 19.1 Å². The number of benzene rings is 1. The highest BCUT2D eigenvalue weighted by atomic mass is 16.5. The summed E-state index contributed by atoms with van der Waals surface area (Å²) < 4.78 is 10.3. The summed E-state index contributed by atoms with van der Waals surface area (Å²) in [5.74, 6) is 0.339. The average molecular weight is 252 g/mol. The summed E-state index contributed by atoms with van der Waals surface area (Å²) in [6, 6.07) is 3.30. The zero-order valence-corrected chi connectivity index (χ0v) is 10.8. The van der Waals surface area contributed by atoms with Crippen molar-refractivity contribution in [2.75, 3.05) is 24.9 Å². The molecule has 0 radical (unpaired) electrons. The van der Waals surface area contributed by atoms with E-state index in [4.69, 9.17) is 9.47 Å². The first-order chi connectivity index (χ1) is 8.49. The lowest BCUT2D eigenvalue weighted by molar-refractivity contribution is -0.115. The Kier molecular flexibility index (Phi) is 4.53. The fraction of sp³-hybridized carbons (Fsp3) is 0.333. The number of nitrogens with one attached hydrogen (secondary N) is 2. The van der Waals surface area contributed by atoms with Gasteiger partial charge in [-0.3, -0.25) is 9.59 Å². The average Bonchev–Trinajstić information content (AvgIpc) is 2.29. The molecule has 0 unspecified atom stereocenters. The van der Waals surface area contributed by atoms with Crippen LogP contribution in [-0.2, 0) is 9.59 Å². The van der Waals surface area contributed by atoms with Crippen LogP contribution in [-0.4, -0.2) is 26.0 Å². The number of methoxy groups -OCH3 is 2. The fourth-order valence-electron chi connectivity index (χ4n) is 1.50. The predicted octanol–water partition coefficient (Wildman–Crippen LogP) is 1.62. The standard InChI is InChI=1S/C12H16N2O4/c1-7(15)13-11-9(17-3)5-6-10(18-4)12(11)14-8(2)16/h5-6H,1-4H3,(H,13,15)(H,14,16). The summed E-state index contributed by atoms with van der Waals surface area (Å²) >= 11 is 0. The Bertz CT molecular complexity index is 428. The van der Waals surface area contributed by atoms with Gasteiger partial charge in [-0.15, -0.1) is 0 Å². The van der Waals surface area contributed by atoms with Gasteiger partial charge in [0.05, 0.1) is 14.2 Å². The molecule has 0 atom stereocenters. The molecule has 1 aromatic rings. The molecule has 0 aliphatic rings. The van der Waals surface area contributed by atoms with Gasteiger partial charge in [0.2, 0.25) is 11.8 Å². The monoisotopic (exact) mass is 252 g/mol. The Balaban J connectivity index is 3.36. The topological polar surface area (TPSA) is 76.7 Å². The molecule has 1 rings (SSSR count). The molecule has 0 aliphatic carbocycles. The summed E-state index contributed by atoms with van der Waals surface area (Å²) in [5, 5.41) is 5.23. The third-order valence-electron chi connectivity index (χ3n) is 2.17. The maximum Gasteiger partial charge on any atom is 0.221 e. The van der Waals surface area contributed by atoms with E-state index >= 15 is 0 Å². The highest BCUT2D eigenvalue weighted by Gasteiger charge is 2.16. The van der Waals surface area contributed by atoms with E-state index in [9.17, 15) is 9.59 Å². The second-order valence-corrected chi connectivity index (χ2v) is 3.58. The van der Waals surface area contributed by atoms with Crippen molar-refractivity contribution in [3.05, 3.63) is 12.1 Å². The van der Waals surface area contributed by atoms with Gasteiger partial charge in [-0.1, -0.05) is 0 Å². The van der Waals surface area contributed by atoms with E-state index in [-0.39, 0.29) is 11.8 Å². The lowest BCUT2D eigenvalue weighted by atomic mass is 10.2. The predicted molar refractivity (Wildman–Crippen MR) is 68.2 cm³/mol. The minimum atomic E-state index is -0.270. The van der Waals surface area contributed by atoms with Gasteiger partial charge >= 0.3 is 0 Å². The van der Waals surface area contributed by atoms with E-state index < -0.39 is 0 Å². The van der Waals surface area contributed by atoms with Crippen molar-refractivity contribution in [3.63, 3.8) is 0 Å². The molecule has 2 amide bonds. The number of anilines is 2. The molecule has 0 fully saturated rings. The van der Waals surface area contributed by atoms with Crippen LogP contribution >= 0.6 is 0 Å². The molecule has 0 heterocycles. The summed E-state index contributed by atoms with van der Waals surface area (Å²) in [6.07, 6.45) is 0. The van der Waals surface area contributed by atoms with Crippen LogP contribution in [0.4, 0.5) is 11.4 Å². The molecule has 0 aliphatic heterocycles. The van der Waals surface area contributed by atoms with Crippen LogP contribution in [0.2, 0.25) is 0 Å². The van der Waals surface area contributed by atoms with Crippen LogP contribution in [0, 0.1) is 0 Å². The van der Waals surface area contributed by atoms with E-state index in [1.54, 1.807) is 12.1 Å². The van der Waals surface area contributed by atoms with Crippen LogP contribution in [0.15, 0.2) is 12.1 Å². The highest BCUT2D eigenvalue weighted by Crippen LogP contribution is 2.40. The fourth-order valence-corrected chi connectivity index (χ4v) is 1.50. The lowest BCUT2D eigenvalue weighted by Crippen LogP contribution is -2.14. The number of carbonyl (C=O) groups excluding carboxylic acids is 2. The molecular weight excluding hydrogens is 236 g/mol. The van der Waals surface area contributed by atoms with Gasteiger partial charge < -0.3 is 20.1 Å². The van der Waals surface area contributed by atoms with Crippen LogP contribution in [0.3, 0.4) is 0 Å². The Labute approximate surface area is 105 Å². The first-order valence-electron chi connectivity index (χ1n) is 5.29. The number of ether oxygens (including phenoxy) is 2. The molecule has 0 saturated heterocycles. The van der Waals surface area contributed by atoms with E-state index in [0.29, 0.717) is 22.9 Å². The van der Waals surface area contributed by atoms with E-state index in [1.807, 2.05) is 0 Å². The highest BCUT2D eigenvalue weighted by molar-refractivity contribution is 6.02. The number of amides is 2. The number of rotatable bonds is 4. The first-order valence-corrected chi connectivity index (χ1v) is 5.29. The number of carbonyl (C=O) groups is 2. The second kappa shape index (κ2) is 5.90. The minimum absolute atomic E-state index is 0.270. The second-order valence-electron chi connectivity index (χ2n) is 3.58. The molecule has 18 heavy (non-hydrogen) atoms. The maximum atomic E-state index is 11.2. The molecule has 0 bridgehead atoms. The van der Waals surface area contributed by atoms with Crippen molar-refractivity contribution >= 4 is 23.2 Å². The number of hydrogen-bond acceptors (Lipinski definition) is 4. The third kappa shape index (κ3) is 3.13. The quantitative estimate of drug-likeness (QED) is 0.853. The number of hydrogen-bond donors (Lipinski definition) is 2. The van der Waals surface area contributed by atoms with Crippen molar-refractivity contribution in [2.45, 2.75) is 13.8 Å². The van der Waals surface area contributed by atoms with Crippen LogP contribution in [0.25, 0.3) is 0 Å². The Morgan fingerprint density at radius 3 is 1.44 bits per heavy atom. The normalized spacial score (nSPS) is 9.56. The molecule has 0 spiro atoms. The first kappa shape index (κ1) is 13.8. The van der Waals surface area contributed by atoms with E-state index in [1.165, 1.54) is 28.1 Å². The molecular formula is C12H16N2O4. The Hall–Kier alpha value is -2.24. The summed E-state index contributed by atoms with van der Waals surface area (Å²) in [7, 11) is 2.95. The summed E-state index contributed by atoms with van der Waals surface area (Å²) in [4.78, 5) is 22.4. The van der Waals surface area contributed by atoms with Crippen molar-refractivity contribution in [3.8, 4) is 11.5 Å². The van der Waals surface area contributed by atoms with E-state index in [2.05, 4.69) is 10.6 Å². The van der Waals surface area contributed by atoms with Crippen molar-refractivity contribution in [1.29, 1.82) is 0 Å². The van der Waals surface area contributed by atoms with Crippen molar-refractivity contribution in [2.24, 2.45) is 0 Å². The van der Waals surface area contributed by atoms with Crippen LogP contribution in [0.1, 0.15) is 13.8 Å². The van der Waals surface area contributed by atoms with Crippen molar-refractivity contribution in [1.82, 2.24) is 0 Å². The SMILES string of the molecule is COc1ccc(OC)c(NC(C)=O)c1NC(C)=O. The van der Waals surface area contributed by atoms with Gasteiger partial charge in [0.1, 0.15) is 22.9 Å². The van der Waals surface area contributed by atoms with Gasteiger partial charge in [-0.2, -0.15) is 0 Å². The Morgan fingerprint density at radius 1 is 0.889 bits per heavy atom. The maximum absolute atomic E-state index is 11.2. The van der Waals surface area contributed by atoms with Crippen LogP contribution < -0.4 is 20.1 Å². The third-order valence-corrected chi connectivity index (χ3v) is 2.17. The molecule has 0 saturated carbocycles. The summed E-state index contributed by atoms with van der Waals surface area (Å²) in [6.45, 7) is 2.74. The van der Waals surface area contributed by atoms with Gasteiger partial charge in [-0.25, -0.2) is 0 Å². The summed E-state index contributed by atoms with van der Waals surface area (Å²) in [5.41, 5.74) is 0.749. The largest absolute Gasteiger partial charge is 0.494 e. The van der Waals surface area contributed by atoms with E-state index in [0.717, 1.165) is 0 Å². The minimum Gasteiger partial charge on any atom is -0.494 e. The van der Waals surface area contributed by atoms with Gasteiger partial charge in [0.15, 0.2) is 0 Å². The Morgan fingerprint density at radius 2 is 1.22 bits per heavy atom. The van der Waals surface area contributed by atoms with Crippen LogP contribution in [0.5, 0.6) is 11.5 Å². The molecule has 1 aromatic carbocycles. The van der Waals surface area contributed by atoms with Gasteiger partial charge in [-0.05, 0) is 12.1 Å². The molecule has 2 N–H and O–H groups in total. The molecule has 6 nitrogen and oxygen atoms in total. The lowest BCUT2D eigenvalue weighted by Gasteiger charge is -2.17. The zero-order chi connectivity index (χ0) is 13.7. The van der Waals surface area contributed by atoms with Gasteiger partial charge in [0, 0.05) is 13.8 Å². The zero-order valence-electron chi connectivity index (χ0n) is 10.8.